The van der Waals surface area contributed by atoms with E-state index >= 15 is 0 Å². The highest BCUT2D eigenvalue weighted by molar-refractivity contribution is 6.33. The third-order valence-electron chi connectivity index (χ3n) is 8.66. The second-order valence-corrected chi connectivity index (χ2v) is 10.1. The van der Waals surface area contributed by atoms with E-state index in [1.54, 1.807) is 0 Å². The number of hydrogen-bond acceptors (Lipinski definition) is 5. The maximum Gasteiger partial charge on any atom is 0.302 e. The molecule has 5 nitrogen and oxygen atoms in total. The van der Waals surface area contributed by atoms with Crippen molar-refractivity contribution >= 4 is 19.4 Å². The van der Waals surface area contributed by atoms with Gasteiger partial charge in [0.25, 0.3) is 0 Å². The summed E-state index contributed by atoms with van der Waals surface area (Å²) < 4.78 is 11.0. The van der Waals surface area contributed by atoms with Crippen LogP contribution in [0.5, 0.6) is 0 Å². The fourth-order valence-electron chi connectivity index (χ4n) is 6.83. The Labute approximate surface area is 176 Å². The lowest BCUT2D eigenvalue weighted by molar-refractivity contribution is -0.158. The molecule has 2 N–H and O–H groups in total. The first kappa shape index (κ1) is 22.4. The van der Waals surface area contributed by atoms with Crippen LogP contribution in [-0.4, -0.2) is 32.1 Å². The number of nitrogens with two attached hydrogens (primary N) is 1. The highest BCUT2D eigenvalue weighted by atomic mass is 16.5. The minimum atomic E-state index is -0.257. The highest BCUT2D eigenvalue weighted by Crippen LogP contribution is 2.65. The quantitative estimate of drug-likeness (QED) is 0.427. The van der Waals surface area contributed by atoms with Crippen LogP contribution in [0.2, 0.25) is 5.82 Å². The lowest BCUT2D eigenvalue weighted by atomic mass is 9.43. The molecule has 0 saturated heterocycles. The Balaban J connectivity index is 1.85. The topological polar surface area (TPSA) is 78.6 Å². The van der Waals surface area contributed by atoms with Crippen LogP contribution in [0.25, 0.3) is 0 Å². The van der Waals surface area contributed by atoms with E-state index in [0.29, 0.717) is 24.3 Å². The van der Waals surface area contributed by atoms with E-state index in [4.69, 9.17) is 15.1 Å². The lowest BCUT2D eigenvalue weighted by Gasteiger charge is -2.56. The average Bonchev–Trinajstić information content (AvgIpc) is 2.96. The van der Waals surface area contributed by atoms with E-state index in [9.17, 15) is 9.59 Å². The summed E-state index contributed by atoms with van der Waals surface area (Å²) in [6.07, 6.45) is 6.97. The Bertz CT molecular complexity index is 667. The predicted octanol–water partition coefficient (Wildman–Crippen LogP) is 4.04. The molecule has 0 aromatic rings. The lowest BCUT2D eigenvalue weighted by Crippen LogP contribution is -2.51. The van der Waals surface area contributed by atoms with E-state index in [1.807, 2.05) is 7.41 Å². The van der Waals surface area contributed by atoms with Gasteiger partial charge >= 0.3 is 11.9 Å². The molecule has 0 aliphatic heterocycles. The molecule has 3 aliphatic carbocycles. The highest BCUT2D eigenvalue weighted by Gasteiger charge is 2.56. The molecule has 3 rings (SSSR count). The van der Waals surface area contributed by atoms with Crippen molar-refractivity contribution in [3.05, 3.63) is 12.2 Å². The van der Waals surface area contributed by atoms with E-state index < -0.39 is 0 Å². The number of rotatable bonds is 5. The van der Waals surface area contributed by atoms with Gasteiger partial charge in [-0.2, -0.15) is 0 Å². The zero-order valence-electron chi connectivity index (χ0n) is 18.5. The van der Waals surface area contributed by atoms with Crippen LogP contribution in [0.4, 0.5) is 0 Å². The summed E-state index contributed by atoms with van der Waals surface area (Å²) in [7, 11) is 1.94. The van der Waals surface area contributed by atoms with Crippen molar-refractivity contribution in [3.8, 4) is 0 Å². The van der Waals surface area contributed by atoms with Crippen molar-refractivity contribution in [2.45, 2.75) is 84.6 Å². The second kappa shape index (κ2) is 8.45. The van der Waals surface area contributed by atoms with E-state index in [-0.39, 0.29) is 34.8 Å². The number of fused-ring (bicyclic) bond motifs is 1. The molecular weight excluding hydrogens is 365 g/mol. The van der Waals surface area contributed by atoms with Crippen LogP contribution < -0.4 is 5.64 Å². The molecule has 161 valence electrons. The Hall–Kier alpha value is -1.30. The first-order valence-electron chi connectivity index (χ1n) is 11.2. The zero-order chi connectivity index (χ0) is 21.4. The number of allylic oxidation sites excluding steroid dienone is 1. The van der Waals surface area contributed by atoms with Gasteiger partial charge in [-0.1, -0.05) is 26.0 Å². The minimum absolute atomic E-state index is 0.00209. The third kappa shape index (κ3) is 4.15. The fraction of sp³-hybridized carbons (Fsp3) is 0.826. The third-order valence-corrected chi connectivity index (χ3v) is 8.66. The van der Waals surface area contributed by atoms with Gasteiger partial charge in [0.15, 0.2) is 0 Å². The smallest absolute Gasteiger partial charge is 0.302 e. The van der Waals surface area contributed by atoms with Gasteiger partial charge < -0.3 is 15.1 Å². The summed E-state index contributed by atoms with van der Waals surface area (Å²) in [6, 6.07) is 0. The van der Waals surface area contributed by atoms with Crippen molar-refractivity contribution in [2.75, 3.05) is 6.61 Å². The molecule has 0 amide bonds. The summed E-state index contributed by atoms with van der Waals surface area (Å²) in [5, 5.41) is 0. The molecule has 2 unspecified atom stereocenters. The summed E-state index contributed by atoms with van der Waals surface area (Å²) in [6.45, 7) is 12.4. The Morgan fingerprint density at radius 3 is 2.48 bits per heavy atom. The molecule has 3 aliphatic rings. The van der Waals surface area contributed by atoms with Crippen LogP contribution in [0.1, 0.15) is 72.6 Å². The number of carbonyl (C=O) groups is 2. The molecule has 0 aromatic heterocycles. The van der Waals surface area contributed by atoms with E-state index in [0.717, 1.165) is 44.9 Å². The Morgan fingerprint density at radius 1 is 1.14 bits per heavy atom. The van der Waals surface area contributed by atoms with Crippen LogP contribution in [0, 0.1) is 28.6 Å². The normalized spacial score (nSPS) is 42.1. The monoisotopic (exact) mass is 402 g/mol. The largest absolute Gasteiger partial charge is 0.466 e. The van der Waals surface area contributed by atoms with Gasteiger partial charge in [0.2, 0.25) is 7.41 Å². The van der Waals surface area contributed by atoms with Gasteiger partial charge in [-0.15, -0.1) is 0 Å². The number of carbonyl (C=O) groups excluding carboxylic acids is 2. The molecule has 29 heavy (non-hydrogen) atoms. The first-order chi connectivity index (χ1) is 13.6. The van der Waals surface area contributed by atoms with Crippen molar-refractivity contribution in [2.24, 2.45) is 34.2 Å². The standard InChI is InChI=1S/C23H37BNO4/c1-14-6-7-19-21(24-25)20(9-11-22(14,19)4)23(5)10-8-18(29-16(3)27)12-17(23)13-28-15(2)26/h17-21H,1,6-13,25H2,2-5H3/t17-,18+,19?,20?,21-,22-,23+/m1/s1. The fourth-order valence-corrected chi connectivity index (χ4v) is 6.83. The SMILES string of the molecule is C=C1CCC2[C@@H]([B]N)C([C@@]3(C)CC[C@H](OC(C)=O)C[C@@H]3COC(C)=O)CC[C@]12C. The average molecular weight is 402 g/mol. The Kier molecular flexibility index (Phi) is 6.52. The zero-order valence-corrected chi connectivity index (χ0v) is 18.5. The summed E-state index contributed by atoms with van der Waals surface area (Å²) >= 11 is 0. The molecule has 1 radical (unpaired) electrons. The first-order valence-corrected chi connectivity index (χ1v) is 11.2. The molecule has 3 fully saturated rings. The van der Waals surface area contributed by atoms with Gasteiger partial charge in [0, 0.05) is 19.8 Å². The van der Waals surface area contributed by atoms with Gasteiger partial charge in [-0.3, -0.25) is 9.59 Å². The molecule has 7 atom stereocenters. The maximum atomic E-state index is 11.5. The summed E-state index contributed by atoms with van der Waals surface area (Å²) in [5.41, 5.74) is 7.84. The van der Waals surface area contributed by atoms with Crippen molar-refractivity contribution in [1.82, 2.24) is 0 Å². The van der Waals surface area contributed by atoms with Gasteiger partial charge in [0.05, 0.1) is 6.61 Å². The van der Waals surface area contributed by atoms with Crippen molar-refractivity contribution in [1.29, 1.82) is 0 Å². The summed E-state index contributed by atoms with van der Waals surface area (Å²) in [5.74, 6) is 0.976. The minimum Gasteiger partial charge on any atom is -0.466 e. The predicted molar refractivity (Wildman–Crippen MR) is 114 cm³/mol. The molecular formula is C23H37BNO4. The van der Waals surface area contributed by atoms with Crippen LogP contribution in [-0.2, 0) is 19.1 Å². The number of hydrogen-bond donors (Lipinski definition) is 1. The molecule has 0 spiro atoms. The number of ether oxygens (including phenoxy) is 2. The molecule has 6 heteroatoms. The van der Waals surface area contributed by atoms with E-state index in [2.05, 4.69) is 20.4 Å². The van der Waals surface area contributed by atoms with Crippen molar-refractivity contribution < 1.29 is 19.1 Å². The summed E-state index contributed by atoms with van der Waals surface area (Å²) in [4.78, 5) is 23.0. The maximum absolute atomic E-state index is 11.5. The second-order valence-electron chi connectivity index (χ2n) is 10.1. The van der Waals surface area contributed by atoms with Crippen LogP contribution in [0.15, 0.2) is 12.2 Å². The molecule has 3 saturated carbocycles. The molecule has 0 bridgehead atoms. The van der Waals surface area contributed by atoms with Gasteiger partial charge in [-0.05, 0) is 73.4 Å². The molecule has 0 aromatic carbocycles. The van der Waals surface area contributed by atoms with Gasteiger partial charge in [-0.25, -0.2) is 0 Å². The number of esters is 2. The van der Waals surface area contributed by atoms with E-state index in [1.165, 1.54) is 19.4 Å². The molecule has 0 heterocycles. The van der Waals surface area contributed by atoms with Crippen LogP contribution in [0.3, 0.4) is 0 Å². The van der Waals surface area contributed by atoms with Crippen molar-refractivity contribution in [3.63, 3.8) is 0 Å². The van der Waals surface area contributed by atoms with Crippen LogP contribution >= 0.6 is 0 Å². The van der Waals surface area contributed by atoms with Gasteiger partial charge in [0.1, 0.15) is 6.10 Å². The Morgan fingerprint density at radius 2 is 1.86 bits per heavy atom.